The van der Waals surface area contributed by atoms with Gasteiger partial charge in [-0.25, -0.2) is 5.06 Å². The fourth-order valence-electron chi connectivity index (χ4n) is 5.25. The molecule has 1 atom stereocenters. The van der Waals surface area contributed by atoms with Gasteiger partial charge in [0, 0.05) is 53.9 Å². The summed E-state index contributed by atoms with van der Waals surface area (Å²) in [6, 6.07) is 11.3. The van der Waals surface area contributed by atoms with Crippen LogP contribution in [0.25, 0.3) is 10.9 Å². The zero-order valence-corrected chi connectivity index (χ0v) is 18.9. The van der Waals surface area contributed by atoms with Crippen LogP contribution in [0.15, 0.2) is 48.9 Å². The summed E-state index contributed by atoms with van der Waals surface area (Å²) in [7, 11) is 0. The van der Waals surface area contributed by atoms with E-state index in [4.69, 9.17) is 10.6 Å². The van der Waals surface area contributed by atoms with Gasteiger partial charge in [0.1, 0.15) is 6.07 Å². The van der Waals surface area contributed by atoms with Gasteiger partial charge >= 0.3 is 0 Å². The highest BCUT2D eigenvalue weighted by molar-refractivity contribution is 5.97. The minimum atomic E-state index is -0.420. The number of primary amides is 1. The van der Waals surface area contributed by atoms with E-state index in [1.54, 1.807) is 18.3 Å². The van der Waals surface area contributed by atoms with E-state index in [1.807, 2.05) is 18.2 Å². The second-order valence-electron chi connectivity index (χ2n) is 9.24. The molecule has 3 heterocycles. The second kappa shape index (κ2) is 9.27. The molecular formula is C26H27N5O3. The first-order valence-electron chi connectivity index (χ1n) is 11.7. The van der Waals surface area contributed by atoms with Gasteiger partial charge in [-0.3, -0.25) is 19.4 Å². The van der Waals surface area contributed by atoms with Crippen LogP contribution in [-0.4, -0.2) is 33.0 Å². The Labute approximate surface area is 197 Å². The van der Waals surface area contributed by atoms with Gasteiger partial charge in [0.2, 0.25) is 11.8 Å². The first-order valence-corrected chi connectivity index (χ1v) is 11.7. The number of rotatable bonds is 5. The highest BCUT2D eigenvalue weighted by Gasteiger charge is 2.37. The quantitative estimate of drug-likeness (QED) is 0.627. The molecule has 2 fully saturated rings. The third-order valence-electron chi connectivity index (χ3n) is 7.10. The van der Waals surface area contributed by atoms with E-state index in [1.165, 1.54) is 11.3 Å². The summed E-state index contributed by atoms with van der Waals surface area (Å²) < 4.78 is 2.22. The minimum absolute atomic E-state index is 0.0358. The van der Waals surface area contributed by atoms with Gasteiger partial charge in [0.05, 0.1) is 18.2 Å². The van der Waals surface area contributed by atoms with E-state index >= 15 is 0 Å². The highest BCUT2D eigenvalue weighted by Crippen LogP contribution is 2.37. The van der Waals surface area contributed by atoms with Crippen molar-refractivity contribution in [3.05, 3.63) is 65.6 Å². The molecule has 1 unspecified atom stereocenters. The number of benzene rings is 1. The summed E-state index contributed by atoms with van der Waals surface area (Å²) >= 11 is 0. The smallest absolute Gasteiger partial charge is 0.249 e. The van der Waals surface area contributed by atoms with Gasteiger partial charge in [-0.05, 0) is 67.5 Å². The fourth-order valence-corrected chi connectivity index (χ4v) is 5.25. The van der Waals surface area contributed by atoms with E-state index in [2.05, 4.69) is 21.8 Å². The summed E-state index contributed by atoms with van der Waals surface area (Å²) in [6.07, 6.45) is 9.60. The lowest BCUT2D eigenvalue weighted by atomic mass is 9.81. The van der Waals surface area contributed by atoms with E-state index in [-0.39, 0.29) is 17.9 Å². The number of aromatic nitrogens is 2. The zero-order valence-electron chi connectivity index (χ0n) is 18.9. The molecule has 0 spiro atoms. The summed E-state index contributed by atoms with van der Waals surface area (Å²) in [6.45, 7) is 1.37. The topological polar surface area (TPSA) is 114 Å². The lowest BCUT2D eigenvalue weighted by molar-refractivity contribution is -0.183. The van der Waals surface area contributed by atoms with Crippen LogP contribution >= 0.6 is 0 Å². The molecule has 174 valence electrons. The summed E-state index contributed by atoms with van der Waals surface area (Å²) in [5.74, 6) is 0.0513. The van der Waals surface area contributed by atoms with Crippen molar-refractivity contribution in [3.63, 3.8) is 0 Å². The van der Waals surface area contributed by atoms with Crippen LogP contribution in [0.2, 0.25) is 0 Å². The standard InChI is InChI=1S/C26H27N5O3/c27-13-18-11-22(15-29-14-18)24-8-10-34-31(24)26(33)19-3-1-17(2-4-19)16-30-9-7-20-12-21(25(28)32)5-6-23(20)30/h5-7,9,11-12,14-15,17,19,24H,1-4,8,10,16H2,(H2,28,32). The number of hydrogen-bond donors (Lipinski definition) is 1. The van der Waals surface area contributed by atoms with Gasteiger partial charge in [-0.15, -0.1) is 0 Å². The highest BCUT2D eigenvalue weighted by atomic mass is 16.7. The Hall–Kier alpha value is -3.70. The number of carbonyl (C=O) groups is 2. The molecule has 34 heavy (non-hydrogen) atoms. The number of amides is 2. The number of fused-ring (bicyclic) bond motifs is 1. The molecule has 1 aliphatic heterocycles. The SMILES string of the molecule is N#Cc1cncc(C2CCON2C(=O)C2CCC(Cn3ccc4cc(C(N)=O)ccc43)CC2)c1. The van der Waals surface area contributed by atoms with Crippen molar-refractivity contribution in [1.82, 2.24) is 14.6 Å². The molecule has 2 aromatic heterocycles. The third-order valence-corrected chi connectivity index (χ3v) is 7.10. The van der Waals surface area contributed by atoms with Gasteiger partial charge in [-0.2, -0.15) is 5.26 Å². The van der Waals surface area contributed by atoms with Crippen LogP contribution < -0.4 is 5.73 Å². The van der Waals surface area contributed by atoms with E-state index in [0.29, 0.717) is 30.1 Å². The molecule has 1 saturated heterocycles. The van der Waals surface area contributed by atoms with Crippen molar-refractivity contribution in [2.45, 2.75) is 44.7 Å². The van der Waals surface area contributed by atoms with Crippen molar-refractivity contribution in [2.75, 3.05) is 6.61 Å². The van der Waals surface area contributed by atoms with E-state index in [0.717, 1.165) is 48.7 Å². The number of nitriles is 1. The molecule has 8 nitrogen and oxygen atoms in total. The van der Waals surface area contributed by atoms with Crippen molar-refractivity contribution in [2.24, 2.45) is 17.6 Å². The third kappa shape index (κ3) is 4.27. The molecule has 2 amide bonds. The summed E-state index contributed by atoms with van der Waals surface area (Å²) in [5.41, 5.74) is 8.33. The van der Waals surface area contributed by atoms with Crippen LogP contribution in [0.5, 0.6) is 0 Å². The van der Waals surface area contributed by atoms with Crippen LogP contribution in [0.4, 0.5) is 0 Å². The molecule has 1 saturated carbocycles. The predicted octanol–water partition coefficient (Wildman–Crippen LogP) is 3.72. The monoisotopic (exact) mass is 457 g/mol. The molecule has 0 bridgehead atoms. The zero-order chi connectivity index (χ0) is 23.7. The average molecular weight is 458 g/mol. The maximum absolute atomic E-state index is 13.3. The Kier molecular flexibility index (Phi) is 6.03. The molecule has 8 heteroatoms. The Balaban J connectivity index is 1.21. The van der Waals surface area contributed by atoms with Gasteiger partial charge < -0.3 is 10.3 Å². The van der Waals surface area contributed by atoms with E-state index < -0.39 is 5.91 Å². The lowest BCUT2D eigenvalue weighted by Gasteiger charge is -2.32. The maximum atomic E-state index is 13.3. The number of nitrogens with two attached hydrogens (primary N) is 1. The number of pyridine rings is 1. The van der Waals surface area contributed by atoms with Crippen LogP contribution in [0, 0.1) is 23.2 Å². The number of hydroxylamine groups is 2. The number of nitrogens with zero attached hydrogens (tertiary/aromatic N) is 4. The molecule has 1 aromatic carbocycles. The first-order chi connectivity index (χ1) is 16.5. The lowest BCUT2D eigenvalue weighted by Crippen LogP contribution is -2.37. The van der Waals surface area contributed by atoms with Gasteiger partial charge in [0.25, 0.3) is 0 Å². The van der Waals surface area contributed by atoms with Crippen molar-refractivity contribution in [3.8, 4) is 6.07 Å². The Morgan fingerprint density at radius 3 is 2.71 bits per heavy atom. The molecule has 1 aliphatic carbocycles. The summed E-state index contributed by atoms with van der Waals surface area (Å²) in [4.78, 5) is 34.6. The Morgan fingerprint density at radius 1 is 1.12 bits per heavy atom. The van der Waals surface area contributed by atoms with Crippen LogP contribution in [0.3, 0.4) is 0 Å². The van der Waals surface area contributed by atoms with E-state index in [9.17, 15) is 14.9 Å². The van der Waals surface area contributed by atoms with Crippen LogP contribution in [0.1, 0.15) is 59.6 Å². The molecule has 5 rings (SSSR count). The largest absolute Gasteiger partial charge is 0.366 e. The molecule has 0 radical (unpaired) electrons. The minimum Gasteiger partial charge on any atom is -0.366 e. The number of hydrogen-bond acceptors (Lipinski definition) is 5. The molecule has 2 aliphatic rings. The van der Waals surface area contributed by atoms with Gasteiger partial charge in [0.15, 0.2) is 0 Å². The summed E-state index contributed by atoms with van der Waals surface area (Å²) in [5, 5.41) is 11.7. The Morgan fingerprint density at radius 2 is 1.94 bits per heavy atom. The maximum Gasteiger partial charge on any atom is 0.249 e. The normalized spacial score (nSPS) is 22.6. The average Bonchev–Trinajstić information content (AvgIpc) is 3.51. The predicted molar refractivity (Wildman–Crippen MR) is 125 cm³/mol. The Bertz CT molecular complexity index is 1270. The van der Waals surface area contributed by atoms with Crippen molar-refractivity contribution in [1.29, 1.82) is 5.26 Å². The fraction of sp³-hybridized carbons (Fsp3) is 0.385. The second-order valence-corrected chi connectivity index (χ2v) is 9.24. The number of carbonyl (C=O) groups excluding carboxylic acids is 2. The van der Waals surface area contributed by atoms with Gasteiger partial charge in [-0.1, -0.05) is 0 Å². The van der Waals surface area contributed by atoms with Crippen molar-refractivity contribution >= 4 is 22.7 Å². The van der Waals surface area contributed by atoms with Crippen molar-refractivity contribution < 1.29 is 14.4 Å². The first kappa shape index (κ1) is 22.1. The molecular weight excluding hydrogens is 430 g/mol. The molecule has 2 N–H and O–H groups in total. The molecule has 3 aromatic rings. The van der Waals surface area contributed by atoms with Crippen LogP contribution in [-0.2, 0) is 16.2 Å².